The fraction of sp³-hybridized carbons (Fsp3) is 0.476. The Labute approximate surface area is 169 Å². The summed E-state index contributed by atoms with van der Waals surface area (Å²) in [6.07, 6.45) is 1.69. The van der Waals surface area contributed by atoms with E-state index in [0.29, 0.717) is 31.7 Å². The third-order valence-corrected chi connectivity index (χ3v) is 5.27. The van der Waals surface area contributed by atoms with E-state index >= 15 is 0 Å². The number of hydrogen-bond acceptors (Lipinski definition) is 5. The highest BCUT2D eigenvalue weighted by Gasteiger charge is 2.16. The molecule has 2 heterocycles. The predicted octanol–water partition coefficient (Wildman–Crippen LogP) is 1.36. The molecule has 8 heteroatoms. The summed E-state index contributed by atoms with van der Waals surface area (Å²) >= 11 is 0. The molecule has 29 heavy (non-hydrogen) atoms. The van der Waals surface area contributed by atoms with Crippen molar-refractivity contribution in [3.8, 4) is 0 Å². The monoisotopic (exact) mass is 399 g/mol. The number of piperazine rings is 1. The van der Waals surface area contributed by atoms with E-state index in [-0.39, 0.29) is 18.0 Å². The first-order chi connectivity index (χ1) is 14.0. The molecule has 156 valence electrons. The van der Waals surface area contributed by atoms with Crippen molar-refractivity contribution in [1.82, 2.24) is 19.8 Å². The van der Waals surface area contributed by atoms with Crippen LogP contribution in [0.4, 0.5) is 11.5 Å². The van der Waals surface area contributed by atoms with Gasteiger partial charge in [-0.1, -0.05) is 13.0 Å². The lowest BCUT2D eigenvalue weighted by Gasteiger charge is -2.27. The highest BCUT2D eigenvalue weighted by molar-refractivity contribution is 5.76. The van der Waals surface area contributed by atoms with Crippen molar-refractivity contribution in [2.75, 3.05) is 31.5 Å². The third kappa shape index (κ3) is 5.35. The Kier molecular flexibility index (Phi) is 6.87. The van der Waals surface area contributed by atoms with Crippen LogP contribution in [0.3, 0.4) is 0 Å². The first kappa shape index (κ1) is 20.9. The van der Waals surface area contributed by atoms with Crippen LogP contribution in [0.15, 0.2) is 33.9 Å². The minimum atomic E-state index is -0.475. The van der Waals surface area contributed by atoms with Gasteiger partial charge in [-0.05, 0) is 43.0 Å². The lowest BCUT2D eigenvalue weighted by molar-refractivity contribution is -0.131. The Morgan fingerprint density at radius 2 is 1.93 bits per heavy atom. The molecule has 2 aromatic rings. The first-order valence-electron chi connectivity index (χ1n) is 10.2. The summed E-state index contributed by atoms with van der Waals surface area (Å²) in [5.74, 6) is 0.430. The van der Waals surface area contributed by atoms with E-state index in [0.717, 1.165) is 29.8 Å². The van der Waals surface area contributed by atoms with Gasteiger partial charge in [0, 0.05) is 50.9 Å². The maximum Gasteiger partial charge on any atom is 0.329 e. The van der Waals surface area contributed by atoms with Crippen LogP contribution in [0.2, 0.25) is 0 Å². The van der Waals surface area contributed by atoms with Crippen LogP contribution in [0, 0.1) is 6.92 Å². The van der Waals surface area contributed by atoms with Gasteiger partial charge in [-0.25, -0.2) is 4.79 Å². The number of carbonyl (C=O) groups excluding carboxylic acids is 1. The Balaban J connectivity index is 1.62. The highest BCUT2D eigenvalue weighted by Crippen LogP contribution is 2.18. The van der Waals surface area contributed by atoms with Crippen molar-refractivity contribution in [2.45, 2.75) is 39.7 Å². The van der Waals surface area contributed by atoms with E-state index < -0.39 is 5.69 Å². The minimum absolute atomic E-state index is 0.0698. The van der Waals surface area contributed by atoms with Gasteiger partial charge in [0.05, 0.1) is 0 Å². The molecule has 0 spiro atoms. The molecule has 0 bridgehead atoms. The van der Waals surface area contributed by atoms with Crippen molar-refractivity contribution in [2.24, 2.45) is 0 Å². The zero-order valence-electron chi connectivity index (χ0n) is 17.1. The lowest BCUT2D eigenvalue weighted by Crippen LogP contribution is -2.46. The SMILES string of the molecule is CCc1cc(Nc2cc(=O)n(CCCC(=O)N3CCNCC3)c(=O)[nH]2)ccc1C. The van der Waals surface area contributed by atoms with Gasteiger partial charge in [-0.3, -0.25) is 19.1 Å². The van der Waals surface area contributed by atoms with Gasteiger partial charge in [-0.15, -0.1) is 0 Å². The van der Waals surface area contributed by atoms with E-state index in [1.807, 2.05) is 23.1 Å². The molecule has 0 radical (unpaired) electrons. The van der Waals surface area contributed by atoms with Crippen LogP contribution in [-0.2, 0) is 17.8 Å². The first-order valence-corrected chi connectivity index (χ1v) is 10.2. The van der Waals surface area contributed by atoms with E-state index in [2.05, 4.69) is 29.5 Å². The van der Waals surface area contributed by atoms with Crippen LogP contribution in [0.25, 0.3) is 0 Å². The summed E-state index contributed by atoms with van der Waals surface area (Å²) in [6, 6.07) is 7.32. The Bertz CT molecular complexity index is 942. The van der Waals surface area contributed by atoms with Crippen molar-refractivity contribution < 1.29 is 4.79 Å². The van der Waals surface area contributed by atoms with E-state index in [4.69, 9.17) is 0 Å². The van der Waals surface area contributed by atoms with Gasteiger partial charge in [0.2, 0.25) is 5.91 Å². The quantitative estimate of drug-likeness (QED) is 0.653. The second-order valence-corrected chi connectivity index (χ2v) is 7.33. The van der Waals surface area contributed by atoms with Crippen molar-refractivity contribution in [3.63, 3.8) is 0 Å². The number of nitrogens with one attached hydrogen (secondary N) is 3. The number of aromatic nitrogens is 2. The van der Waals surface area contributed by atoms with Crippen LogP contribution in [0.1, 0.15) is 30.9 Å². The number of aromatic amines is 1. The Morgan fingerprint density at radius 3 is 2.62 bits per heavy atom. The second-order valence-electron chi connectivity index (χ2n) is 7.33. The summed E-state index contributed by atoms with van der Waals surface area (Å²) in [6.45, 7) is 7.38. The molecule has 0 aliphatic carbocycles. The zero-order valence-corrected chi connectivity index (χ0v) is 17.1. The van der Waals surface area contributed by atoms with Gasteiger partial charge in [0.15, 0.2) is 0 Å². The molecule has 1 saturated heterocycles. The largest absolute Gasteiger partial charge is 0.342 e. The number of amides is 1. The smallest absolute Gasteiger partial charge is 0.329 e. The van der Waals surface area contributed by atoms with E-state index in [1.54, 1.807) is 0 Å². The summed E-state index contributed by atoms with van der Waals surface area (Å²) < 4.78 is 1.14. The Morgan fingerprint density at radius 1 is 1.17 bits per heavy atom. The number of hydrogen-bond donors (Lipinski definition) is 3. The van der Waals surface area contributed by atoms with Crippen molar-refractivity contribution in [1.29, 1.82) is 0 Å². The molecule has 3 rings (SSSR count). The molecular formula is C21H29N5O3. The maximum atomic E-state index is 12.4. The average Bonchev–Trinajstić information content (AvgIpc) is 2.72. The van der Waals surface area contributed by atoms with Crippen LogP contribution in [-0.4, -0.2) is 46.5 Å². The molecule has 1 aliphatic heterocycles. The summed E-state index contributed by atoms with van der Waals surface area (Å²) in [5, 5.41) is 6.30. The fourth-order valence-electron chi connectivity index (χ4n) is 3.55. The molecule has 0 saturated carbocycles. The molecule has 1 aromatic carbocycles. The van der Waals surface area contributed by atoms with Gasteiger partial charge < -0.3 is 15.5 Å². The standard InChI is InChI=1S/C21H29N5O3/c1-3-16-13-17(7-6-15(16)2)23-18-14-20(28)26(21(29)24-18)10-4-5-19(27)25-11-8-22-9-12-25/h6-7,13-14,22-23H,3-5,8-12H2,1-2H3,(H,24,29). The lowest BCUT2D eigenvalue weighted by atomic mass is 10.1. The second kappa shape index (κ2) is 9.56. The number of anilines is 2. The van der Waals surface area contributed by atoms with E-state index in [9.17, 15) is 14.4 Å². The normalized spacial score (nSPS) is 14.1. The molecule has 1 amide bonds. The molecule has 1 fully saturated rings. The average molecular weight is 399 g/mol. The fourth-order valence-corrected chi connectivity index (χ4v) is 3.55. The number of benzene rings is 1. The number of rotatable bonds is 7. The number of aryl methyl sites for hydroxylation is 2. The van der Waals surface area contributed by atoms with Gasteiger partial charge in [-0.2, -0.15) is 0 Å². The topological polar surface area (TPSA) is 99.2 Å². The van der Waals surface area contributed by atoms with E-state index in [1.165, 1.54) is 17.2 Å². The summed E-state index contributed by atoms with van der Waals surface area (Å²) in [4.78, 5) is 41.5. The number of carbonyl (C=O) groups is 1. The third-order valence-electron chi connectivity index (χ3n) is 5.27. The van der Waals surface area contributed by atoms with Crippen molar-refractivity contribution in [3.05, 3.63) is 56.2 Å². The van der Waals surface area contributed by atoms with Gasteiger partial charge in [0.25, 0.3) is 5.56 Å². The molecule has 3 N–H and O–H groups in total. The molecule has 1 aliphatic rings. The minimum Gasteiger partial charge on any atom is -0.342 e. The van der Waals surface area contributed by atoms with Gasteiger partial charge in [0.1, 0.15) is 5.82 Å². The van der Waals surface area contributed by atoms with Crippen LogP contribution in [0.5, 0.6) is 0 Å². The molecule has 1 aromatic heterocycles. The Hall–Kier alpha value is -2.87. The summed E-state index contributed by atoms with van der Waals surface area (Å²) in [5.41, 5.74) is 2.38. The molecule has 0 unspecified atom stereocenters. The summed E-state index contributed by atoms with van der Waals surface area (Å²) in [7, 11) is 0. The van der Waals surface area contributed by atoms with Gasteiger partial charge >= 0.3 is 5.69 Å². The maximum absolute atomic E-state index is 12.4. The van der Waals surface area contributed by atoms with Crippen LogP contribution < -0.4 is 21.9 Å². The molecule has 0 atom stereocenters. The van der Waals surface area contributed by atoms with Crippen LogP contribution >= 0.6 is 0 Å². The van der Waals surface area contributed by atoms with Crippen molar-refractivity contribution >= 4 is 17.4 Å². The number of nitrogens with zero attached hydrogens (tertiary/aromatic N) is 2. The predicted molar refractivity (Wildman–Crippen MR) is 114 cm³/mol. The number of H-pyrrole nitrogens is 1. The molecule has 8 nitrogen and oxygen atoms in total. The highest BCUT2D eigenvalue weighted by atomic mass is 16.2. The zero-order chi connectivity index (χ0) is 20.8. The molecular weight excluding hydrogens is 370 g/mol.